The molecule has 1 aromatic carbocycles. The molecular formula is C14H17N3O2. The molecule has 19 heavy (non-hydrogen) atoms. The van der Waals surface area contributed by atoms with E-state index in [1.165, 1.54) is 0 Å². The molecule has 1 fully saturated rings. The third-order valence-corrected chi connectivity index (χ3v) is 3.59. The quantitative estimate of drug-likeness (QED) is 0.786. The second kappa shape index (κ2) is 4.93. The third kappa shape index (κ3) is 2.56. The first-order chi connectivity index (χ1) is 9.24. The summed E-state index contributed by atoms with van der Waals surface area (Å²) >= 11 is 0. The van der Waals surface area contributed by atoms with E-state index in [9.17, 15) is 4.79 Å². The summed E-state index contributed by atoms with van der Waals surface area (Å²) in [7, 11) is 1.76. The van der Waals surface area contributed by atoms with Crippen LogP contribution in [0, 0.1) is 0 Å². The molecule has 0 aliphatic heterocycles. The Kier molecular flexibility index (Phi) is 3.13. The highest BCUT2D eigenvalue weighted by Gasteiger charge is 2.28. The number of rotatable bonds is 4. The van der Waals surface area contributed by atoms with Gasteiger partial charge in [0.25, 0.3) is 5.56 Å². The van der Waals surface area contributed by atoms with E-state index in [4.69, 9.17) is 4.74 Å². The fourth-order valence-corrected chi connectivity index (χ4v) is 2.35. The number of aromatic amines is 2. The SMILES string of the molecule is COC1CC(Nc2ccc(-c3cc(=O)[nH][nH]3)cc2)C1. The van der Waals surface area contributed by atoms with Crippen LogP contribution >= 0.6 is 0 Å². The predicted octanol–water partition coefficient (Wildman–Crippen LogP) is 1.96. The molecule has 1 aromatic heterocycles. The van der Waals surface area contributed by atoms with E-state index in [1.54, 1.807) is 13.2 Å². The number of hydrogen-bond donors (Lipinski definition) is 3. The third-order valence-electron chi connectivity index (χ3n) is 3.59. The van der Waals surface area contributed by atoms with Gasteiger partial charge >= 0.3 is 0 Å². The summed E-state index contributed by atoms with van der Waals surface area (Å²) in [6.07, 6.45) is 2.52. The number of aromatic nitrogens is 2. The average Bonchev–Trinajstić information content (AvgIpc) is 2.81. The van der Waals surface area contributed by atoms with Crippen molar-refractivity contribution in [1.29, 1.82) is 0 Å². The van der Waals surface area contributed by atoms with Crippen molar-refractivity contribution in [2.75, 3.05) is 12.4 Å². The molecule has 0 amide bonds. The maximum atomic E-state index is 11.1. The van der Waals surface area contributed by atoms with Crippen LogP contribution in [0.4, 0.5) is 5.69 Å². The van der Waals surface area contributed by atoms with E-state index >= 15 is 0 Å². The van der Waals surface area contributed by atoms with Gasteiger partial charge in [0.15, 0.2) is 0 Å². The zero-order chi connectivity index (χ0) is 13.2. The summed E-state index contributed by atoms with van der Waals surface area (Å²) in [5.74, 6) is 0. The Hall–Kier alpha value is -2.01. The normalized spacial score (nSPS) is 21.9. The van der Waals surface area contributed by atoms with Crippen LogP contribution in [0.5, 0.6) is 0 Å². The fraction of sp³-hybridized carbons (Fsp3) is 0.357. The number of ether oxygens (including phenoxy) is 1. The molecule has 0 bridgehead atoms. The van der Waals surface area contributed by atoms with Gasteiger partial charge in [-0.3, -0.25) is 15.0 Å². The van der Waals surface area contributed by atoms with Crippen molar-refractivity contribution >= 4 is 5.69 Å². The Bertz CT molecular complexity index is 594. The zero-order valence-electron chi connectivity index (χ0n) is 10.8. The number of H-pyrrole nitrogens is 2. The lowest BCUT2D eigenvalue weighted by molar-refractivity contribution is 0.0329. The summed E-state index contributed by atoms with van der Waals surface area (Å²) in [5.41, 5.74) is 2.78. The minimum Gasteiger partial charge on any atom is -0.382 e. The summed E-state index contributed by atoms with van der Waals surface area (Å²) in [6.45, 7) is 0. The molecule has 2 aromatic rings. The standard InChI is InChI=1S/C14H17N3O2/c1-19-12-6-11(7-12)15-10-4-2-9(3-5-10)13-8-14(18)17-16-13/h2-5,8,11-12,15H,6-7H2,1H3,(H2,16,17,18). The molecule has 1 aliphatic rings. The van der Waals surface area contributed by atoms with E-state index < -0.39 is 0 Å². The number of nitrogens with one attached hydrogen (secondary N) is 3. The minimum atomic E-state index is -0.114. The number of hydrogen-bond acceptors (Lipinski definition) is 3. The van der Waals surface area contributed by atoms with Crippen LogP contribution in [-0.4, -0.2) is 29.5 Å². The number of benzene rings is 1. The Balaban J connectivity index is 1.65. The largest absolute Gasteiger partial charge is 0.382 e. The fourth-order valence-electron chi connectivity index (χ4n) is 2.35. The van der Waals surface area contributed by atoms with Crippen LogP contribution in [-0.2, 0) is 4.74 Å². The highest BCUT2D eigenvalue weighted by Crippen LogP contribution is 2.27. The van der Waals surface area contributed by atoms with Gasteiger partial charge in [-0.15, -0.1) is 0 Å². The summed E-state index contributed by atoms with van der Waals surface area (Å²) in [6, 6.07) is 10.1. The monoisotopic (exact) mass is 259 g/mol. The predicted molar refractivity (Wildman–Crippen MR) is 74.3 cm³/mol. The highest BCUT2D eigenvalue weighted by molar-refractivity contribution is 5.62. The maximum Gasteiger partial charge on any atom is 0.264 e. The lowest BCUT2D eigenvalue weighted by Crippen LogP contribution is -2.40. The molecule has 1 aliphatic carbocycles. The van der Waals surface area contributed by atoms with Crippen molar-refractivity contribution in [2.45, 2.75) is 25.0 Å². The zero-order valence-corrected chi connectivity index (χ0v) is 10.8. The molecule has 3 N–H and O–H groups in total. The molecule has 5 heteroatoms. The summed E-state index contributed by atoms with van der Waals surface area (Å²) in [4.78, 5) is 11.1. The van der Waals surface area contributed by atoms with E-state index in [0.29, 0.717) is 12.1 Å². The molecule has 1 heterocycles. The molecule has 5 nitrogen and oxygen atoms in total. The van der Waals surface area contributed by atoms with Crippen LogP contribution in [0.25, 0.3) is 11.3 Å². The van der Waals surface area contributed by atoms with Crippen LogP contribution in [0.15, 0.2) is 35.1 Å². The van der Waals surface area contributed by atoms with Gasteiger partial charge in [0.05, 0.1) is 11.8 Å². The summed E-state index contributed by atoms with van der Waals surface area (Å²) in [5, 5.41) is 8.84. The van der Waals surface area contributed by atoms with Gasteiger partial charge in [0, 0.05) is 24.9 Å². The first-order valence-corrected chi connectivity index (χ1v) is 6.42. The van der Waals surface area contributed by atoms with Gasteiger partial charge in [0.1, 0.15) is 0 Å². The van der Waals surface area contributed by atoms with Crippen molar-refractivity contribution in [3.05, 3.63) is 40.7 Å². The highest BCUT2D eigenvalue weighted by atomic mass is 16.5. The average molecular weight is 259 g/mol. The van der Waals surface area contributed by atoms with Gasteiger partial charge in [0.2, 0.25) is 0 Å². The van der Waals surface area contributed by atoms with E-state index in [0.717, 1.165) is 29.8 Å². The first kappa shape index (κ1) is 12.0. The van der Waals surface area contributed by atoms with Crippen molar-refractivity contribution in [3.8, 4) is 11.3 Å². The summed E-state index contributed by atoms with van der Waals surface area (Å²) < 4.78 is 5.26. The molecule has 1 saturated carbocycles. The Morgan fingerprint density at radius 1 is 1.21 bits per heavy atom. The van der Waals surface area contributed by atoms with Gasteiger partial charge in [-0.1, -0.05) is 12.1 Å². The van der Waals surface area contributed by atoms with Gasteiger partial charge in [-0.2, -0.15) is 0 Å². The van der Waals surface area contributed by atoms with E-state index in [-0.39, 0.29) is 5.56 Å². The second-order valence-corrected chi connectivity index (χ2v) is 4.92. The van der Waals surface area contributed by atoms with Crippen molar-refractivity contribution in [2.24, 2.45) is 0 Å². The van der Waals surface area contributed by atoms with Gasteiger partial charge in [-0.05, 0) is 30.5 Å². The van der Waals surface area contributed by atoms with Crippen LogP contribution in [0.2, 0.25) is 0 Å². The molecule has 3 rings (SSSR count). The molecule has 0 spiro atoms. The smallest absolute Gasteiger partial charge is 0.264 e. The number of anilines is 1. The lowest BCUT2D eigenvalue weighted by Gasteiger charge is -2.35. The Labute approximate surface area is 111 Å². The van der Waals surface area contributed by atoms with E-state index in [1.807, 2.05) is 24.3 Å². The Morgan fingerprint density at radius 3 is 2.53 bits per heavy atom. The van der Waals surface area contributed by atoms with Crippen LogP contribution in [0.1, 0.15) is 12.8 Å². The maximum absolute atomic E-state index is 11.1. The second-order valence-electron chi connectivity index (χ2n) is 4.92. The number of methoxy groups -OCH3 is 1. The molecule has 0 unspecified atom stereocenters. The molecular weight excluding hydrogens is 242 g/mol. The molecule has 0 atom stereocenters. The first-order valence-electron chi connectivity index (χ1n) is 6.42. The van der Waals surface area contributed by atoms with Gasteiger partial charge in [-0.25, -0.2) is 0 Å². The van der Waals surface area contributed by atoms with Crippen LogP contribution in [0.3, 0.4) is 0 Å². The molecule has 100 valence electrons. The molecule has 0 radical (unpaired) electrons. The van der Waals surface area contributed by atoms with Crippen molar-refractivity contribution in [1.82, 2.24) is 10.2 Å². The minimum absolute atomic E-state index is 0.114. The van der Waals surface area contributed by atoms with Crippen LogP contribution < -0.4 is 10.9 Å². The van der Waals surface area contributed by atoms with E-state index in [2.05, 4.69) is 15.5 Å². The lowest BCUT2D eigenvalue weighted by atomic mass is 9.89. The van der Waals surface area contributed by atoms with Gasteiger partial charge < -0.3 is 10.1 Å². The molecule has 0 saturated heterocycles. The van der Waals surface area contributed by atoms with Crippen molar-refractivity contribution in [3.63, 3.8) is 0 Å². The van der Waals surface area contributed by atoms with Crippen molar-refractivity contribution < 1.29 is 4.74 Å². The topological polar surface area (TPSA) is 69.9 Å². The Morgan fingerprint density at radius 2 is 1.95 bits per heavy atom.